The number of fused-ring (bicyclic) bond motifs is 1. The number of amides is 1. The average molecular weight is 525 g/mol. The highest BCUT2D eigenvalue weighted by molar-refractivity contribution is 8.22. The maximum Gasteiger partial charge on any atom is 0.357 e. The quantitative estimate of drug-likeness (QED) is 0.137. The fourth-order valence-corrected chi connectivity index (χ4v) is 7.85. The van der Waals surface area contributed by atoms with Crippen LogP contribution in [0, 0.1) is 16.0 Å². The lowest BCUT2D eigenvalue weighted by Gasteiger charge is -2.48. The minimum Gasteiger partial charge on any atom is -0.456 e. The van der Waals surface area contributed by atoms with Crippen LogP contribution in [-0.4, -0.2) is 47.2 Å². The van der Waals surface area contributed by atoms with E-state index in [1.807, 2.05) is 13.8 Å². The van der Waals surface area contributed by atoms with Crippen molar-refractivity contribution in [3.05, 3.63) is 49.9 Å². The summed E-state index contributed by atoms with van der Waals surface area (Å²) in [6, 6.07) is 5.85. The second-order valence-electron chi connectivity index (χ2n) is 9.89. The van der Waals surface area contributed by atoms with E-state index in [1.165, 1.54) is 35.7 Å². The van der Waals surface area contributed by atoms with E-state index in [9.17, 15) is 19.7 Å². The summed E-state index contributed by atoms with van der Waals surface area (Å²) in [5, 5.41) is 10.7. The van der Waals surface area contributed by atoms with Gasteiger partial charge in [0.05, 0.1) is 21.2 Å². The number of nitrogens with zero attached hydrogens (tertiary/aromatic N) is 2. The Labute approximate surface area is 210 Å². The van der Waals surface area contributed by atoms with Gasteiger partial charge in [-0.1, -0.05) is 39.5 Å². The van der Waals surface area contributed by atoms with Crippen molar-refractivity contribution in [1.82, 2.24) is 4.90 Å². The van der Waals surface area contributed by atoms with Crippen molar-refractivity contribution in [2.24, 2.45) is 5.92 Å². The Hall–Kier alpha value is -1.82. The number of carbonyl (C=O) groups is 2. The zero-order chi connectivity index (χ0) is 25.4. The standard InChI is InChI=1S/C23H32N2O6S2Si/c1-8-32-22-18(21(27)30-13-15-9-11-16(12-10-15)25(28)29)24-19(26)17(20(24)33-22)14(2)31-34(6,7)23(3,4)5/h9-12,14,17,20H,8,13H2,1-7H3/t14-,17+,20-/m1/s1. The van der Waals surface area contributed by atoms with Crippen LogP contribution in [0.5, 0.6) is 0 Å². The number of rotatable bonds is 9. The summed E-state index contributed by atoms with van der Waals surface area (Å²) in [6.07, 6.45) is -0.245. The second-order valence-corrected chi connectivity index (χ2v) is 17.3. The molecule has 0 aromatic heterocycles. The molecule has 2 heterocycles. The van der Waals surface area contributed by atoms with Crippen LogP contribution < -0.4 is 0 Å². The molecule has 2 aliphatic rings. The number of non-ortho nitro benzene ring substituents is 1. The highest BCUT2D eigenvalue weighted by Crippen LogP contribution is 2.54. The predicted molar refractivity (Wildman–Crippen MR) is 138 cm³/mol. The maximum atomic E-state index is 13.2. The number of hydrogen-bond acceptors (Lipinski definition) is 8. The molecule has 0 N–H and O–H groups in total. The van der Waals surface area contributed by atoms with Crippen LogP contribution in [0.25, 0.3) is 0 Å². The lowest BCUT2D eigenvalue weighted by atomic mass is 9.92. The zero-order valence-electron chi connectivity index (χ0n) is 20.6. The molecule has 3 atom stereocenters. The SMILES string of the molecule is CCSC1=C(C(=O)OCc2ccc([N+](=O)[O-])cc2)N2C(=O)[C@H]([C@@H](C)O[Si](C)(C)C(C)(C)C)[C@H]2S1. The number of nitro groups is 1. The molecule has 0 bridgehead atoms. The topological polar surface area (TPSA) is 99.0 Å². The first kappa shape index (κ1) is 26.8. The molecule has 8 nitrogen and oxygen atoms in total. The van der Waals surface area contributed by atoms with Crippen molar-refractivity contribution >= 4 is 49.4 Å². The van der Waals surface area contributed by atoms with Gasteiger partial charge < -0.3 is 9.16 Å². The Bertz CT molecular complexity index is 1010. The fraction of sp³-hybridized carbons (Fsp3) is 0.565. The molecule has 3 rings (SSSR count). The summed E-state index contributed by atoms with van der Waals surface area (Å²) >= 11 is 3.05. The first-order chi connectivity index (χ1) is 15.8. The van der Waals surface area contributed by atoms with Crippen molar-refractivity contribution in [3.63, 3.8) is 0 Å². The molecule has 11 heteroatoms. The molecule has 0 spiro atoms. The van der Waals surface area contributed by atoms with Gasteiger partial charge in [-0.2, -0.15) is 0 Å². The minimum atomic E-state index is -2.05. The third-order valence-electron chi connectivity index (χ3n) is 6.52. The molecule has 1 amide bonds. The first-order valence-electron chi connectivity index (χ1n) is 11.2. The summed E-state index contributed by atoms with van der Waals surface area (Å²) in [5.41, 5.74) is 0.904. The van der Waals surface area contributed by atoms with E-state index in [0.717, 1.165) is 9.99 Å². The van der Waals surface area contributed by atoms with Crippen LogP contribution in [0.1, 0.15) is 40.2 Å². The number of nitro benzene ring substituents is 1. The monoisotopic (exact) mass is 524 g/mol. The highest BCUT2D eigenvalue weighted by Gasteiger charge is 2.59. The molecule has 1 fully saturated rings. The van der Waals surface area contributed by atoms with Gasteiger partial charge in [0.15, 0.2) is 14.0 Å². The minimum absolute atomic E-state index is 0.0271. The molecule has 0 unspecified atom stereocenters. The largest absolute Gasteiger partial charge is 0.456 e. The van der Waals surface area contributed by atoms with Crippen LogP contribution in [0.15, 0.2) is 34.2 Å². The Morgan fingerprint density at radius 1 is 1.29 bits per heavy atom. The molecule has 34 heavy (non-hydrogen) atoms. The van der Waals surface area contributed by atoms with E-state index in [4.69, 9.17) is 9.16 Å². The molecule has 1 saturated heterocycles. The third kappa shape index (κ3) is 5.22. The van der Waals surface area contributed by atoms with E-state index in [0.29, 0.717) is 11.3 Å². The van der Waals surface area contributed by atoms with E-state index in [1.54, 1.807) is 17.0 Å². The molecule has 186 valence electrons. The molecule has 2 aliphatic heterocycles. The van der Waals surface area contributed by atoms with E-state index < -0.39 is 19.2 Å². The van der Waals surface area contributed by atoms with Gasteiger partial charge in [0.25, 0.3) is 5.69 Å². The lowest BCUT2D eigenvalue weighted by molar-refractivity contribution is -0.384. The van der Waals surface area contributed by atoms with E-state index >= 15 is 0 Å². The number of esters is 1. The number of ether oxygens (including phenoxy) is 1. The Balaban J connectivity index is 1.71. The van der Waals surface area contributed by atoms with Crippen molar-refractivity contribution in [3.8, 4) is 0 Å². The molecular formula is C23H32N2O6S2Si. The number of carbonyl (C=O) groups excluding carboxylic acids is 2. The summed E-state index contributed by atoms with van der Waals surface area (Å²) in [5.74, 6) is -0.227. The number of β-lactam (4-membered cyclic amide) rings is 1. The summed E-state index contributed by atoms with van der Waals surface area (Å²) in [6.45, 7) is 14.8. The number of hydrogen-bond donors (Lipinski definition) is 0. The van der Waals surface area contributed by atoms with Crippen LogP contribution in [0.3, 0.4) is 0 Å². The maximum absolute atomic E-state index is 13.2. The van der Waals surface area contributed by atoms with Gasteiger partial charge in [0, 0.05) is 12.1 Å². The molecule has 1 aromatic carbocycles. The van der Waals surface area contributed by atoms with Crippen molar-refractivity contribution in [2.45, 2.75) is 70.8 Å². The van der Waals surface area contributed by atoms with Crippen LogP contribution in [0.4, 0.5) is 5.69 Å². The fourth-order valence-electron chi connectivity index (χ4n) is 3.61. The van der Waals surface area contributed by atoms with Gasteiger partial charge in [-0.3, -0.25) is 19.8 Å². The summed E-state index contributed by atoms with van der Waals surface area (Å²) in [4.78, 5) is 38.1. The lowest BCUT2D eigenvalue weighted by Crippen LogP contribution is -2.62. The Morgan fingerprint density at radius 3 is 2.44 bits per heavy atom. The van der Waals surface area contributed by atoms with Crippen LogP contribution in [-0.2, 0) is 25.4 Å². The molecule has 0 aliphatic carbocycles. The number of benzene rings is 1. The molecule has 0 radical (unpaired) electrons. The Kier molecular flexibility index (Phi) is 7.91. The zero-order valence-corrected chi connectivity index (χ0v) is 23.2. The van der Waals surface area contributed by atoms with Crippen LogP contribution in [0.2, 0.25) is 18.1 Å². The second kappa shape index (κ2) is 10.0. The van der Waals surface area contributed by atoms with Gasteiger partial charge in [-0.15, -0.1) is 11.8 Å². The average Bonchev–Trinajstić information content (AvgIpc) is 3.05. The smallest absolute Gasteiger partial charge is 0.357 e. The molecular weight excluding hydrogens is 492 g/mol. The summed E-state index contributed by atoms with van der Waals surface area (Å²) in [7, 11) is -2.05. The van der Waals surface area contributed by atoms with Crippen molar-refractivity contribution in [2.75, 3.05) is 5.75 Å². The Morgan fingerprint density at radius 2 is 1.91 bits per heavy atom. The summed E-state index contributed by atoms with van der Waals surface area (Å²) < 4.78 is 12.8. The highest BCUT2D eigenvalue weighted by atomic mass is 32.2. The van der Waals surface area contributed by atoms with Crippen LogP contribution >= 0.6 is 23.5 Å². The third-order valence-corrected chi connectivity index (χ3v) is 13.6. The number of thioether (sulfide) groups is 2. The first-order valence-corrected chi connectivity index (χ1v) is 16.0. The van der Waals surface area contributed by atoms with E-state index in [2.05, 4.69) is 33.9 Å². The predicted octanol–water partition coefficient (Wildman–Crippen LogP) is 5.50. The molecule has 1 aromatic rings. The van der Waals surface area contributed by atoms with Gasteiger partial charge in [0.1, 0.15) is 12.0 Å². The van der Waals surface area contributed by atoms with Gasteiger partial charge in [-0.25, -0.2) is 4.79 Å². The van der Waals surface area contributed by atoms with Gasteiger partial charge >= 0.3 is 5.97 Å². The van der Waals surface area contributed by atoms with Crippen molar-refractivity contribution < 1.29 is 23.7 Å². The van der Waals surface area contributed by atoms with Crippen molar-refractivity contribution in [1.29, 1.82) is 0 Å². The molecule has 0 saturated carbocycles. The van der Waals surface area contributed by atoms with E-state index in [-0.39, 0.29) is 40.6 Å². The van der Waals surface area contributed by atoms with Gasteiger partial charge in [-0.05, 0) is 48.5 Å². The normalized spacial score (nSPS) is 21.3. The van der Waals surface area contributed by atoms with Gasteiger partial charge in [0.2, 0.25) is 5.91 Å².